The van der Waals surface area contributed by atoms with Gasteiger partial charge in [0.15, 0.2) is 0 Å². The number of hydrogen-bond donors (Lipinski definition) is 0. The molecule has 0 bridgehead atoms. The maximum Gasteiger partial charge on any atom is 0.0398 e. The van der Waals surface area contributed by atoms with Crippen LogP contribution < -0.4 is 0 Å². The van der Waals surface area contributed by atoms with Gasteiger partial charge >= 0.3 is 0 Å². The largest absolute Gasteiger partial charge is 0.115 e. The maximum absolute atomic E-state index is 5.28. The molecule has 1 aromatic carbocycles. The summed E-state index contributed by atoms with van der Waals surface area (Å²) in [6.07, 6.45) is 12.0. The Balaban J connectivity index is 3.09. The van der Waals surface area contributed by atoms with Crippen molar-refractivity contribution in [2.45, 2.75) is 0 Å². The smallest absolute Gasteiger partial charge is 0.0398 e. The average Bonchev–Trinajstić information content (AvgIpc) is 2.15. The Kier molecular flexibility index (Phi) is 2.77. The summed E-state index contributed by atoms with van der Waals surface area (Å²) in [4.78, 5) is 0. The molecule has 0 atom stereocenters. The van der Waals surface area contributed by atoms with Crippen LogP contribution in [0, 0.1) is 24.7 Å². The zero-order valence-electron chi connectivity index (χ0n) is 6.62. The highest BCUT2D eigenvalue weighted by atomic mass is 14.0. The molecule has 0 aliphatic heterocycles. The van der Waals surface area contributed by atoms with E-state index < -0.39 is 0 Å². The molecule has 0 saturated carbocycles. The van der Waals surface area contributed by atoms with Crippen molar-refractivity contribution in [3.63, 3.8) is 0 Å². The molecule has 12 heavy (non-hydrogen) atoms. The lowest BCUT2D eigenvalue weighted by molar-refractivity contribution is 1.64. The van der Waals surface area contributed by atoms with Gasteiger partial charge in [0.25, 0.3) is 0 Å². The first-order chi connectivity index (χ1) is 5.88. The van der Waals surface area contributed by atoms with Gasteiger partial charge in [-0.2, -0.15) is 0 Å². The average molecular weight is 152 g/mol. The van der Waals surface area contributed by atoms with Crippen molar-refractivity contribution in [2.75, 3.05) is 0 Å². The molecular formula is C12H8. The maximum atomic E-state index is 5.28. The summed E-state index contributed by atoms with van der Waals surface area (Å²) in [7, 11) is 0. The van der Waals surface area contributed by atoms with E-state index in [9.17, 15) is 0 Å². The van der Waals surface area contributed by atoms with Gasteiger partial charge < -0.3 is 0 Å². The first-order valence-corrected chi connectivity index (χ1v) is 3.57. The molecule has 1 aromatic rings. The molecule has 1 rings (SSSR count). The summed E-state index contributed by atoms with van der Waals surface area (Å²) in [6.45, 7) is 0. The third kappa shape index (κ3) is 1.78. The second-order valence-electron chi connectivity index (χ2n) is 2.24. The third-order valence-corrected chi connectivity index (χ3v) is 1.47. The molecule has 0 unspecified atom stereocenters. The minimum absolute atomic E-state index is 0.748. The molecule has 0 radical (unpaired) electrons. The zero-order chi connectivity index (χ0) is 8.81. The molecule has 0 heterocycles. The second kappa shape index (κ2) is 4.06. The molecule has 56 valence electrons. The predicted octanol–water partition coefficient (Wildman–Crippen LogP) is 2.34. The Labute approximate surface area is 72.9 Å². The summed E-state index contributed by atoms with van der Waals surface area (Å²) in [6, 6.07) is 9.66. The lowest BCUT2D eigenvalue weighted by Gasteiger charge is -1.96. The first-order valence-electron chi connectivity index (χ1n) is 3.57. The number of benzene rings is 1. The minimum Gasteiger partial charge on any atom is -0.115 e. The van der Waals surface area contributed by atoms with Crippen molar-refractivity contribution in [2.24, 2.45) is 0 Å². The van der Waals surface area contributed by atoms with Gasteiger partial charge in [-0.05, 0) is 5.56 Å². The van der Waals surface area contributed by atoms with E-state index in [-0.39, 0.29) is 0 Å². The van der Waals surface area contributed by atoms with Gasteiger partial charge in [-0.3, -0.25) is 0 Å². The highest BCUT2D eigenvalue weighted by Crippen LogP contribution is 2.11. The van der Waals surface area contributed by atoms with Crippen molar-refractivity contribution in [3.8, 4) is 24.7 Å². The van der Waals surface area contributed by atoms with Crippen LogP contribution in [-0.4, -0.2) is 0 Å². The van der Waals surface area contributed by atoms with Crippen LogP contribution in [0.15, 0.2) is 36.4 Å². The fraction of sp³-hybridized carbons (Fsp3) is 0. The Bertz CT molecular complexity index is 355. The SMILES string of the molecule is C#C/C=C(\C#C)c1ccccc1. The van der Waals surface area contributed by atoms with E-state index >= 15 is 0 Å². The molecule has 0 saturated heterocycles. The van der Waals surface area contributed by atoms with Crippen LogP contribution in [0.2, 0.25) is 0 Å². The Hall–Kier alpha value is -1.92. The van der Waals surface area contributed by atoms with Gasteiger partial charge in [0.1, 0.15) is 0 Å². The molecule has 0 N–H and O–H groups in total. The summed E-state index contributed by atoms with van der Waals surface area (Å²) < 4.78 is 0. The van der Waals surface area contributed by atoms with Gasteiger partial charge in [0.05, 0.1) is 0 Å². The lowest BCUT2D eigenvalue weighted by Crippen LogP contribution is -1.78. The zero-order valence-corrected chi connectivity index (χ0v) is 6.62. The number of hydrogen-bond acceptors (Lipinski definition) is 0. The normalized spacial score (nSPS) is 10.0. The van der Waals surface area contributed by atoms with Crippen LogP contribution in [0.5, 0.6) is 0 Å². The van der Waals surface area contributed by atoms with Crippen molar-refractivity contribution < 1.29 is 0 Å². The molecule has 0 spiro atoms. The van der Waals surface area contributed by atoms with Gasteiger partial charge in [-0.15, -0.1) is 12.8 Å². The molecule has 0 aliphatic rings. The number of terminal acetylenes is 2. The van der Waals surface area contributed by atoms with Crippen LogP contribution in [0.25, 0.3) is 5.57 Å². The van der Waals surface area contributed by atoms with Crippen LogP contribution in [-0.2, 0) is 0 Å². The number of allylic oxidation sites excluding steroid dienone is 2. The van der Waals surface area contributed by atoms with E-state index in [0.29, 0.717) is 0 Å². The van der Waals surface area contributed by atoms with Gasteiger partial charge in [0.2, 0.25) is 0 Å². The summed E-state index contributed by atoms with van der Waals surface area (Å²) in [5.41, 5.74) is 1.73. The Morgan fingerprint density at radius 3 is 2.33 bits per heavy atom. The predicted molar refractivity (Wildman–Crippen MR) is 52.1 cm³/mol. The van der Waals surface area contributed by atoms with Crippen molar-refractivity contribution in [1.82, 2.24) is 0 Å². The molecule has 0 amide bonds. The summed E-state index contributed by atoms with van der Waals surface area (Å²) in [5.74, 6) is 4.95. The highest BCUT2D eigenvalue weighted by Gasteiger charge is 1.93. The van der Waals surface area contributed by atoms with Crippen molar-refractivity contribution >= 4 is 5.57 Å². The van der Waals surface area contributed by atoms with Crippen LogP contribution in [0.3, 0.4) is 0 Å². The molecular weight excluding hydrogens is 144 g/mol. The Morgan fingerprint density at radius 2 is 1.83 bits per heavy atom. The van der Waals surface area contributed by atoms with Gasteiger partial charge in [-0.1, -0.05) is 42.2 Å². The van der Waals surface area contributed by atoms with Crippen molar-refractivity contribution in [3.05, 3.63) is 42.0 Å². The first kappa shape index (κ1) is 8.18. The Morgan fingerprint density at radius 1 is 1.17 bits per heavy atom. The molecule has 0 heteroatoms. The fourth-order valence-corrected chi connectivity index (χ4v) is 0.909. The lowest BCUT2D eigenvalue weighted by atomic mass is 10.1. The van der Waals surface area contributed by atoms with E-state index in [4.69, 9.17) is 12.8 Å². The third-order valence-electron chi connectivity index (χ3n) is 1.47. The van der Waals surface area contributed by atoms with E-state index in [1.54, 1.807) is 6.08 Å². The molecule has 0 aromatic heterocycles. The molecule has 0 aliphatic carbocycles. The van der Waals surface area contributed by atoms with Crippen molar-refractivity contribution in [1.29, 1.82) is 0 Å². The van der Waals surface area contributed by atoms with Gasteiger partial charge in [0, 0.05) is 11.6 Å². The van der Waals surface area contributed by atoms with E-state index in [2.05, 4.69) is 11.8 Å². The number of rotatable bonds is 1. The summed E-state index contributed by atoms with van der Waals surface area (Å²) >= 11 is 0. The second-order valence-corrected chi connectivity index (χ2v) is 2.24. The summed E-state index contributed by atoms with van der Waals surface area (Å²) in [5, 5.41) is 0. The van der Waals surface area contributed by atoms with Gasteiger partial charge in [-0.25, -0.2) is 0 Å². The van der Waals surface area contributed by atoms with E-state index in [1.807, 2.05) is 30.3 Å². The highest BCUT2D eigenvalue weighted by molar-refractivity contribution is 5.79. The minimum atomic E-state index is 0.748. The van der Waals surface area contributed by atoms with Crippen LogP contribution >= 0.6 is 0 Å². The standard InChI is InChI=1S/C12H8/c1-3-8-11(4-2)12-9-6-5-7-10-12/h1-2,5-10H/b11-8+. The topological polar surface area (TPSA) is 0 Å². The fourth-order valence-electron chi connectivity index (χ4n) is 0.909. The van der Waals surface area contributed by atoms with Crippen LogP contribution in [0.1, 0.15) is 5.56 Å². The van der Waals surface area contributed by atoms with Crippen LogP contribution in [0.4, 0.5) is 0 Å². The molecule has 0 fully saturated rings. The monoisotopic (exact) mass is 152 g/mol. The van der Waals surface area contributed by atoms with E-state index in [0.717, 1.165) is 11.1 Å². The molecule has 0 nitrogen and oxygen atoms in total. The quantitative estimate of drug-likeness (QED) is 0.542. The van der Waals surface area contributed by atoms with E-state index in [1.165, 1.54) is 0 Å².